The molecule has 0 aromatic heterocycles. The predicted molar refractivity (Wildman–Crippen MR) is 74.5 cm³/mol. The number of carboxylic acids is 4. The normalized spacial score (nSPS) is 10.2. The van der Waals surface area contributed by atoms with E-state index in [0.29, 0.717) is 0 Å². The van der Waals surface area contributed by atoms with Gasteiger partial charge < -0.3 is 30.0 Å². The summed E-state index contributed by atoms with van der Waals surface area (Å²) in [4.78, 5) is 45.5. The number of carbonyl (C=O) groups is 4. The summed E-state index contributed by atoms with van der Waals surface area (Å²) in [5, 5.41) is 41.2. The van der Waals surface area contributed by atoms with Gasteiger partial charge in [0, 0.05) is 22.3 Å². The topological polar surface area (TPSA) is 155 Å². The Bertz CT molecular complexity index is 744. The van der Waals surface area contributed by atoms with Crippen LogP contribution in [0.2, 0.25) is 0 Å². The number of hydrogen-bond donors (Lipinski definition) is 2. The third kappa shape index (κ3) is 2.80. The van der Waals surface area contributed by atoms with E-state index in [9.17, 15) is 39.6 Å². The first-order valence-corrected chi connectivity index (χ1v) is 6.41. The molecule has 0 aliphatic rings. The van der Waals surface area contributed by atoms with Gasteiger partial charge in [-0.05, 0) is 12.1 Å². The fourth-order valence-corrected chi connectivity index (χ4v) is 2.34. The molecule has 0 bridgehead atoms. The van der Waals surface area contributed by atoms with E-state index in [0.717, 1.165) is 36.4 Å². The standard InChI is InChI=1S/C16H10O8/c17-13(18)7-3-1-4-8(14(19)20)11(7)12-9(15(21)22)5-2-6-10(12)16(23)24/h1-6H,(H,17,18)(H,19,20)(H,21,22)(H,23,24)/p-2. The summed E-state index contributed by atoms with van der Waals surface area (Å²) in [5.74, 6) is -6.68. The lowest BCUT2D eigenvalue weighted by Crippen LogP contribution is -2.28. The molecule has 0 saturated heterocycles. The molecule has 0 heterocycles. The molecule has 8 nitrogen and oxygen atoms in total. The van der Waals surface area contributed by atoms with Crippen LogP contribution in [0.25, 0.3) is 11.1 Å². The number of benzene rings is 2. The molecule has 8 heteroatoms. The number of rotatable bonds is 5. The van der Waals surface area contributed by atoms with Crippen LogP contribution >= 0.6 is 0 Å². The summed E-state index contributed by atoms with van der Waals surface area (Å²) >= 11 is 0. The summed E-state index contributed by atoms with van der Waals surface area (Å²) in [6, 6.07) is 6.30. The van der Waals surface area contributed by atoms with Crippen LogP contribution in [0.15, 0.2) is 36.4 Å². The highest BCUT2D eigenvalue weighted by Crippen LogP contribution is 2.34. The highest BCUT2D eigenvalue weighted by Gasteiger charge is 2.24. The minimum atomic E-state index is -1.79. The summed E-state index contributed by atoms with van der Waals surface area (Å²) in [6.45, 7) is 0. The predicted octanol–water partition coefficient (Wildman–Crippen LogP) is -0.523. The maximum Gasteiger partial charge on any atom is 0.336 e. The van der Waals surface area contributed by atoms with Crippen molar-refractivity contribution in [1.82, 2.24) is 0 Å². The molecular formula is C16H8O8-2. The summed E-state index contributed by atoms with van der Waals surface area (Å²) in [5.41, 5.74) is -3.58. The van der Waals surface area contributed by atoms with Crippen LogP contribution in [0.3, 0.4) is 0 Å². The summed E-state index contributed by atoms with van der Waals surface area (Å²) in [7, 11) is 0. The van der Waals surface area contributed by atoms with E-state index in [1.54, 1.807) is 0 Å². The van der Waals surface area contributed by atoms with Gasteiger partial charge in [-0.1, -0.05) is 24.3 Å². The minimum absolute atomic E-state index is 0.545. The van der Waals surface area contributed by atoms with Gasteiger partial charge in [0.05, 0.1) is 23.1 Å². The lowest BCUT2D eigenvalue weighted by molar-refractivity contribution is -0.255. The van der Waals surface area contributed by atoms with Crippen molar-refractivity contribution in [2.24, 2.45) is 0 Å². The smallest absolute Gasteiger partial charge is 0.336 e. The monoisotopic (exact) mass is 328 g/mol. The van der Waals surface area contributed by atoms with Crippen molar-refractivity contribution in [3.05, 3.63) is 58.7 Å². The average molecular weight is 328 g/mol. The highest BCUT2D eigenvalue weighted by atomic mass is 16.4. The van der Waals surface area contributed by atoms with E-state index >= 15 is 0 Å². The Balaban J connectivity index is 3.06. The van der Waals surface area contributed by atoms with Crippen molar-refractivity contribution in [3.63, 3.8) is 0 Å². The molecule has 0 radical (unpaired) electrons. The van der Waals surface area contributed by atoms with Gasteiger partial charge >= 0.3 is 11.9 Å². The zero-order valence-electron chi connectivity index (χ0n) is 11.8. The van der Waals surface area contributed by atoms with Crippen molar-refractivity contribution >= 4 is 23.9 Å². The number of aromatic carboxylic acids is 4. The number of carbonyl (C=O) groups excluding carboxylic acids is 2. The molecule has 0 spiro atoms. The fraction of sp³-hybridized carbons (Fsp3) is 0. The van der Waals surface area contributed by atoms with E-state index in [-0.39, 0.29) is 0 Å². The molecule has 0 atom stereocenters. The Labute approximate surface area is 134 Å². The van der Waals surface area contributed by atoms with E-state index in [1.807, 2.05) is 0 Å². The molecular weight excluding hydrogens is 320 g/mol. The maximum absolute atomic E-state index is 11.4. The van der Waals surface area contributed by atoms with Crippen molar-refractivity contribution in [2.45, 2.75) is 0 Å². The van der Waals surface area contributed by atoms with Crippen LogP contribution in [0.4, 0.5) is 0 Å². The van der Waals surface area contributed by atoms with Gasteiger partial charge in [0.25, 0.3) is 0 Å². The molecule has 0 saturated carbocycles. The van der Waals surface area contributed by atoms with E-state index in [1.165, 1.54) is 0 Å². The first-order valence-electron chi connectivity index (χ1n) is 6.41. The first-order chi connectivity index (χ1) is 11.3. The van der Waals surface area contributed by atoms with E-state index < -0.39 is 57.3 Å². The average Bonchev–Trinajstić information content (AvgIpc) is 2.52. The van der Waals surface area contributed by atoms with Crippen LogP contribution in [-0.2, 0) is 0 Å². The Morgan fingerprint density at radius 1 is 0.625 bits per heavy atom. The van der Waals surface area contributed by atoms with Crippen molar-refractivity contribution in [1.29, 1.82) is 0 Å². The van der Waals surface area contributed by atoms with E-state index in [2.05, 4.69) is 0 Å². The Kier molecular flexibility index (Phi) is 4.32. The Hall–Kier alpha value is -3.68. The third-order valence-corrected chi connectivity index (χ3v) is 3.28. The summed E-state index contributed by atoms with van der Waals surface area (Å²) in [6.07, 6.45) is 0. The molecule has 0 fully saturated rings. The lowest BCUT2D eigenvalue weighted by Gasteiger charge is -2.19. The van der Waals surface area contributed by atoms with Gasteiger partial charge in [0.15, 0.2) is 0 Å². The second-order valence-corrected chi connectivity index (χ2v) is 4.64. The van der Waals surface area contributed by atoms with Crippen molar-refractivity contribution in [3.8, 4) is 11.1 Å². The molecule has 122 valence electrons. The van der Waals surface area contributed by atoms with Crippen LogP contribution < -0.4 is 10.2 Å². The Morgan fingerprint density at radius 2 is 0.917 bits per heavy atom. The zero-order valence-corrected chi connectivity index (χ0v) is 11.8. The van der Waals surface area contributed by atoms with Crippen LogP contribution in [0, 0.1) is 0 Å². The molecule has 2 N–H and O–H groups in total. The van der Waals surface area contributed by atoms with Crippen molar-refractivity contribution < 1.29 is 39.6 Å². The molecule has 0 amide bonds. The molecule has 2 aromatic carbocycles. The van der Waals surface area contributed by atoms with Gasteiger partial charge in [0.2, 0.25) is 0 Å². The van der Waals surface area contributed by atoms with E-state index in [4.69, 9.17) is 0 Å². The summed E-state index contributed by atoms with van der Waals surface area (Å²) < 4.78 is 0. The number of hydrogen-bond acceptors (Lipinski definition) is 6. The molecule has 0 aliphatic heterocycles. The second-order valence-electron chi connectivity index (χ2n) is 4.64. The molecule has 2 aromatic rings. The van der Waals surface area contributed by atoms with Gasteiger partial charge in [-0.25, -0.2) is 9.59 Å². The van der Waals surface area contributed by atoms with Crippen molar-refractivity contribution in [2.75, 3.05) is 0 Å². The Morgan fingerprint density at radius 3 is 1.21 bits per heavy atom. The van der Waals surface area contributed by atoms with Gasteiger partial charge in [-0.2, -0.15) is 0 Å². The highest BCUT2D eigenvalue weighted by molar-refractivity contribution is 6.12. The van der Waals surface area contributed by atoms with Crippen LogP contribution in [0.5, 0.6) is 0 Å². The van der Waals surface area contributed by atoms with Gasteiger partial charge in [-0.3, -0.25) is 0 Å². The lowest BCUT2D eigenvalue weighted by atomic mass is 9.87. The molecule has 2 rings (SSSR count). The maximum atomic E-state index is 11.4. The number of carboxylic acid groups (broad SMARTS) is 4. The first kappa shape index (κ1) is 16.7. The van der Waals surface area contributed by atoms with Crippen LogP contribution in [0.1, 0.15) is 41.4 Å². The largest absolute Gasteiger partial charge is 0.545 e. The van der Waals surface area contributed by atoms with Gasteiger partial charge in [-0.15, -0.1) is 0 Å². The quantitative estimate of drug-likeness (QED) is 0.742. The SMILES string of the molecule is O=C([O-])c1cccc(C(=O)[O-])c1-c1c(C(=O)O)cccc1C(=O)O. The van der Waals surface area contributed by atoms with Crippen LogP contribution in [-0.4, -0.2) is 34.1 Å². The van der Waals surface area contributed by atoms with Gasteiger partial charge in [0.1, 0.15) is 0 Å². The zero-order chi connectivity index (χ0) is 18.0. The third-order valence-electron chi connectivity index (χ3n) is 3.28. The molecule has 0 aliphatic carbocycles. The second kappa shape index (κ2) is 6.21. The molecule has 0 unspecified atom stereocenters. The fourth-order valence-electron chi connectivity index (χ4n) is 2.34. The minimum Gasteiger partial charge on any atom is -0.545 e. The molecule has 24 heavy (non-hydrogen) atoms.